The van der Waals surface area contributed by atoms with Gasteiger partial charge in [-0.3, -0.25) is 4.79 Å². The van der Waals surface area contributed by atoms with Crippen LogP contribution in [0.4, 0.5) is 0 Å². The van der Waals surface area contributed by atoms with E-state index >= 15 is 0 Å². The topological polar surface area (TPSA) is 41.6 Å². The maximum Gasteiger partial charge on any atom is 0.227 e. The molecular formula is C15H20Cl2N2O2. The monoisotopic (exact) mass is 330 g/mol. The van der Waals surface area contributed by atoms with E-state index in [1.54, 1.807) is 0 Å². The van der Waals surface area contributed by atoms with Gasteiger partial charge in [-0.05, 0) is 30.7 Å². The van der Waals surface area contributed by atoms with Crippen LogP contribution in [0.2, 0.25) is 5.02 Å². The van der Waals surface area contributed by atoms with Gasteiger partial charge in [-0.2, -0.15) is 0 Å². The van der Waals surface area contributed by atoms with Crippen LogP contribution in [0.15, 0.2) is 24.3 Å². The largest absolute Gasteiger partial charge is 0.370 e. The highest BCUT2D eigenvalue weighted by molar-refractivity contribution is 6.30. The molecule has 2 saturated heterocycles. The van der Waals surface area contributed by atoms with Gasteiger partial charge < -0.3 is 15.0 Å². The van der Waals surface area contributed by atoms with Crippen molar-refractivity contribution < 1.29 is 9.53 Å². The first-order valence-electron chi connectivity index (χ1n) is 7.10. The van der Waals surface area contributed by atoms with Crippen LogP contribution in [0.1, 0.15) is 18.1 Å². The maximum atomic E-state index is 12.4. The molecule has 3 rings (SSSR count). The molecule has 2 atom stereocenters. The van der Waals surface area contributed by atoms with Gasteiger partial charge in [-0.25, -0.2) is 0 Å². The van der Waals surface area contributed by atoms with Crippen LogP contribution in [-0.4, -0.2) is 43.6 Å². The van der Waals surface area contributed by atoms with Crippen molar-refractivity contribution in [2.24, 2.45) is 5.92 Å². The smallest absolute Gasteiger partial charge is 0.227 e. The molecule has 0 aliphatic carbocycles. The molecule has 2 heterocycles. The second-order valence-corrected chi connectivity index (χ2v) is 5.82. The molecule has 4 nitrogen and oxygen atoms in total. The van der Waals surface area contributed by atoms with E-state index in [1.807, 2.05) is 29.2 Å². The van der Waals surface area contributed by atoms with Crippen LogP contribution in [0.5, 0.6) is 0 Å². The van der Waals surface area contributed by atoms with Crippen LogP contribution in [0.3, 0.4) is 0 Å². The SMILES string of the molecule is Cl.O=C(C1CCNC1)N1CCOC(c2ccc(Cl)cc2)C1. The van der Waals surface area contributed by atoms with Crippen LogP contribution >= 0.6 is 24.0 Å². The second kappa shape index (κ2) is 7.45. The molecule has 1 N–H and O–H groups in total. The molecular weight excluding hydrogens is 311 g/mol. The molecule has 2 fully saturated rings. The Morgan fingerprint density at radius 1 is 1.33 bits per heavy atom. The third kappa shape index (κ3) is 3.89. The lowest BCUT2D eigenvalue weighted by molar-refractivity contribution is -0.142. The van der Waals surface area contributed by atoms with Crippen molar-refractivity contribution in [1.82, 2.24) is 10.2 Å². The van der Waals surface area contributed by atoms with E-state index in [4.69, 9.17) is 16.3 Å². The Kier molecular flexibility index (Phi) is 5.88. The van der Waals surface area contributed by atoms with Crippen molar-refractivity contribution in [3.05, 3.63) is 34.9 Å². The number of nitrogens with zero attached hydrogens (tertiary/aromatic N) is 1. The summed E-state index contributed by atoms with van der Waals surface area (Å²) in [6.45, 7) is 3.68. The summed E-state index contributed by atoms with van der Waals surface area (Å²) in [5, 5.41) is 3.97. The van der Waals surface area contributed by atoms with E-state index in [0.29, 0.717) is 19.7 Å². The van der Waals surface area contributed by atoms with Gasteiger partial charge in [0, 0.05) is 18.1 Å². The number of amides is 1. The zero-order chi connectivity index (χ0) is 13.9. The molecule has 0 radical (unpaired) electrons. The Balaban J connectivity index is 0.00000161. The molecule has 1 aromatic rings. The van der Waals surface area contributed by atoms with E-state index in [0.717, 1.165) is 30.1 Å². The van der Waals surface area contributed by atoms with Gasteiger partial charge >= 0.3 is 0 Å². The number of morpholine rings is 1. The summed E-state index contributed by atoms with van der Waals surface area (Å²) < 4.78 is 5.79. The average molecular weight is 331 g/mol. The Morgan fingerprint density at radius 3 is 2.76 bits per heavy atom. The Morgan fingerprint density at radius 2 is 2.10 bits per heavy atom. The number of hydrogen-bond acceptors (Lipinski definition) is 3. The van der Waals surface area contributed by atoms with Gasteiger partial charge in [0.2, 0.25) is 5.91 Å². The van der Waals surface area contributed by atoms with E-state index < -0.39 is 0 Å². The number of benzene rings is 1. The van der Waals surface area contributed by atoms with E-state index in [2.05, 4.69) is 5.32 Å². The predicted octanol–water partition coefficient (Wildman–Crippen LogP) is 2.27. The summed E-state index contributed by atoms with van der Waals surface area (Å²) in [5.41, 5.74) is 1.08. The summed E-state index contributed by atoms with van der Waals surface area (Å²) in [7, 11) is 0. The fraction of sp³-hybridized carbons (Fsp3) is 0.533. The highest BCUT2D eigenvalue weighted by atomic mass is 35.5. The minimum Gasteiger partial charge on any atom is -0.370 e. The Labute approximate surface area is 136 Å². The fourth-order valence-corrected chi connectivity index (χ4v) is 2.98. The average Bonchev–Trinajstić information content (AvgIpc) is 3.01. The first kappa shape index (κ1) is 16.6. The van der Waals surface area contributed by atoms with Gasteiger partial charge in [0.1, 0.15) is 6.10 Å². The molecule has 116 valence electrons. The maximum absolute atomic E-state index is 12.4. The van der Waals surface area contributed by atoms with Gasteiger partial charge in [-0.1, -0.05) is 23.7 Å². The molecule has 2 unspecified atom stereocenters. The van der Waals surface area contributed by atoms with Crippen molar-refractivity contribution in [2.75, 3.05) is 32.8 Å². The number of carbonyl (C=O) groups is 1. The minimum absolute atomic E-state index is 0. The predicted molar refractivity (Wildman–Crippen MR) is 84.9 cm³/mol. The van der Waals surface area contributed by atoms with Gasteiger partial charge in [-0.15, -0.1) is 12.4 Å². The first-order valence-corrected chi connectivity index (χ1v) is 7.48. The summed E-state index contributed by atoms with van der Waals surface area (Å²) in [5.74, 6) is 0.399. The number of hydrogen-bond donors (Lipinski definition) is 1. The third-order valence-corrected chi connectivity index (χ3v) is 4.28. The van der Waals surface area contributed by atoms with Crippen molar-refractivity contribution in [2.45, 2.75) is 12.5 Å². The van der Waals surface area contributed by atoms with Gasteiger partial charge in [0.15, 0.2) is 0 Å². The zero-order valence-corrected chi connectivity index (χ0v) is 13.3. The number of nitrogens with one attached hydrogen (secondary N) is 1. The van der Waals surface area contributed by atoms with Crippen molar-refractivity contribution in [3.63, 3.8) is 0 Å². The molecule has 1 aromatic carbocycles. The van der Waals surface area contributed by atoms with Gasteiger partial charge in [0.25, 0.3) is 0 Å². The van der Waals surface area contributed by atoms with E-state index in [-0.39, 0.29) is 30.3 Å². The van der Waals surface area contributed by atoms with E-state index in [1.165, 1.54) is 0 Å². The molecule has 2 aliphatic heterocycles. The molecule has 0 saturated carbocycles. The number of halogens is 2. The molecule has 0 spiro atoms. The summed E-state index contributed by atoms with van der Waals surface area (Å²) >= 11 is 5.90. The molecule has 21 heavy (non-hydrogen) atoms. The summed E-state index contributed by atoms with van der Waals surface area (Å²) in [6, 6.07) is 7.67. The summed E-state index contributed by atoms with van der Waals surface area (Å²) in [6.07, 6.45) is 0.904. The van der Waals surface area contributed by atoms with Crippen molar-refractivity contribution in [3.8, 4) is 0 Å². The third-order valence-electron chi connectivity index (χ3n) is 4.03. The summed E-state index contributed by atoms with van der Waals surface area (Å²) in [4.78, 5) is 14.4. The fourth-order valence-electron chi connectivity index (χ4n) is 2.85. The number of rotatable bonds is 2. The lowest BCUT2D eigenvalue weighted by Gasteiger charge is -2.34. The van der Waals surface area contributed by atoms with Crippen LogP contribution < -0.4 is 5.32 Å². The molecule has 1 amide bonds. The number of carbonyl (C=O) groups excluding carboxylic acids is 1. The van der Waals surface area contributed by atoms with E-state index in [9.17, 15) is 4.79 Å². The highest BCUT2D eigenvalue weighted by Gasteiger charge is 2.31. The quantitative estimate of drug-likeness (QED) is 0.904. The second-order valence-electron chi connectivity index (χ2n) is 5.38. The first-order chi connectivity index (χ1) is 9.74. The zero-order valence-electron chi connectivity index (χ0n) is 11.8. The Bertz CT molecular complexity index is 475. The van der Waals surface area contributed by atoms with Crippen LogP contribution in [0.25, 0.3) is 0 Å². The molecule has 0 bridgehead atoms. The number of ether oxygens (including phenoxy) is 1. The van der Waals surface area contributed by atoms with Crippen molar-refractivity contribution >= 4 is 29.9 Å². The minimum atomic E-state index is -0.0423. The molecule has 2 aliphatic rings. The normalized spacial score (nSPS) is 25.5. The Hall–Kier alpha value is -0.810. The van der Waals surface area contributed by atoms with Crippen LogP contribution in [0, 0.1) is 5.92 Å². The lowest BCUT2D eigenvalue weighted by atomic mass is 10.0. The van der Waals surface area contributed by atoms with Crippen molar-refractivity contribution in [1.29, 1.82) is 0 Å². The molecule has 6 heteroatoms. The van der Waals surface area contributed by atoms with Crippen LogP contribution in [-0.2, 0) is 9.53 Å². The van der Waals surface area contributed by atoms with Gasteiger partial charge in [0.05, 0.1) is 19.1 Å². The molecule has 0 aromatic heterocycles. The highest BCUT2D eigenvalue weighted by Crippen LogP contribution is 2.25. The standard InChI is InChI=1S/C15H19ClN2O2.ClH/c16-13-3-1-11(2-4-13)14-10-18(7-8-20-14)15(19)12-5-6-17-9-12;/h1-4,12,14,17H,5-10H2;1H. The lowest BCUT2D eigenvalue weighted by Crippen LogP contribution is -2.45.